The minimum atomic E-state index is -0.433. The maximum atomic E-state index is 12.5. The number of nitrogens with one attached hydrogen (secondary N) is 1. The van der Waals surface area contributed by atoms with E-state index in [1.54, 1.807) is 35.1 Å². The van der Waals surface area contributed by atoms with E-state index < -0.39 is 5.91 Å². The second-order valence-electron chi connectivity index (χ2n) is 5.26. The van der Waals surface area contributed by atoms with E-state index in [0.717, 1.165) is 0 Å². The first-order valence-electron chi connectivity index (χ1n) is 7.49. The summed E-state index contributed by atoms with van der Waals surface area (Å²) in [5.74, 6) is 1.10. The second-order valence-corrected chi connectivity index (χ2v) is 6.11. The highest BCUT2D eigenvalue weighted by Gasteiger charge is 2.16. The van der Waals surface area contributed by atoms with E-state index in [9.17, 15) is 4.79 Å². The third-order valence-corrected chi connectivity index (χ3v) is 4.02. The lowest BCUT2D eigenvalue weighted by molar-refractivity contribution is 0.0994. The molecule has 0 bridgehead atoms. The summed E-state index contributed by atoms with van der Waals surface area (Å²) in [6.45, 7) is 0.359. The number of nitrogens with zero attached hydrogens (tertiary/aromatic N) is 2. The highest BCUT2D eigenvalue weighted by Crippen LogP contribution is 2.36. The number of hydrogen-bond acceptors (Lipinski definition) is 5. The van der Waals surface area contributed by atoms with Gasteiger partial charge in [0.25, 0.3) is 5.91 Å². The molecule has 1 aromatic carbocycles. The van der Waals surface area contributed by atoms with Crippen molar-refractivity contribution in [1.82, 2.24) is 9.78 Å². The van der Waals surface area contributed by atoms with E-state index >= 15 is 0 Å². The van der Waals surface area contributed by atoms with Crippen LogP contribution >= 0.6 is 23.2 Å². The number of furan rings is 1. The second kappa shape index (κ2) is 7.72. The van der Waals surface area contributed by atoms with Gasteiger partial charge in [0.15, 0.2) is 5.76 Å². The Labute approximate surface area is 159 Å². The average molecular weight is 396 g/mol. The van der Waals surface area contributed by atoms with Crippen molar-refractivity contribution in [3.05, 3.63) is 58.2 Å². The Morgan fingerprint density at radius 1 is 1.23 bits per heavy atom. The molecule has 0 aliphatic heterocycles. The van der Waals surface area contributed by atoms with Gasteiger partial charge in [0.2, 0.25) is 0 Å². The van der Waals surface area contributed by atoms with Gasteiger partial charge in [0.1, 0.15) is 17.3 Å². The molecule has 3 aromatic rings. The number of halogens is 2. The minimum Gasteiger partial charge on any atom is -0.495 e. The fourth-order valence-corrected chi connectivity index (χ4v) is 2.70. The third-order valence-electron chi connectivity index (χ3n) is 3.53. The first-order chi connectivity index (χ1) is 12.5. The molecule has 0 aliphatic carbocycles. The summed E-state index contributed by atoms with van der Waals surface area (Å²) >= 11 is 11.9. The number of rotatable bonds is 6. The standard InChI is InChI=1S/C17H15Cl2N3O4/c1-24-15-6-13(16(25-2)5-12(15)19)21-17(23)14-4-3-11(26-14)9-22-8-10(18)7-20-22/h3-8H,9H2,1-2H3,(H,21,23). The van der Waals surface area contributed by atoms with Crippen LogP contribution in [0, 0.1) is 0 Å². The number of benzene rings is 1. The molecule has 0 spiro atoms. The number of amides is 1. The summed E-state index contributed by atoms with van der Waals surface area (Å²) in [6.07, 6.45) is 3.19. The lowest BCUT2D eigenvalue weighted by atomic mass is 10.2. The Morgan fingerprint density at radius 2 is 2.00 bits per heavy atom. The zero-order chi connectivity index (χ0) is 18.7. The van der Waals surface area contributed by atoms with E-state index in [1.807, 2.05) is 0 Å². The number of carbonyl (C=O) groups excluding carboxylic acids is 1. The Kier molecular flexibility index (Phi) is 5.39. The average Bonchev–Trinajstić information content (AvgIpc) is 3.25. The molecular formula is C17H15Cl2N3O4. The summed E-state index contributed by atoms with van der Waals surface area (Å²) in [7, 11) is 2.97. The lowest BCUT2D eigenvalue weighted by Crippen LogP contribution is -2.12. The number of hydrogen-bond donors (Lipinski definition) is 1. The van der Waals surface area contributed by atoms with Gasteiger partial charge in [-0.25, -0.2) is 0 Å². The van der Waals surface area contributed by atoms with Crippen molar-refractivity contribution in [3.8, 4) is 11.5 Å². The molecule has 26 heavy (non-hydrogen) atoms. The normalized spacial score (nSPS) is 10.6. The van der Waals surface area contributed by atoms with Crippen LogP contribution in [0.25, 0.3) is 0 Å². The van der Waals surface area contributed by atoms with Crippen LogP contribution in [-0.4, -0.2) is 29.9 Å². The smallest absolute Gasteiger partial charge is 0.291 e. The molecule has 0 fully saturated rings. The van der Waals surface area contributed by atoms with Gasteiger partial charge in [-0.15, -0.1) is 0 Å². The Hall–Kier alpha value is -2.64. The van der Waals surface area contributed by atoms with Gasteiger partial charge < -0.3 is 19.2 Å². The zero-order valence-electron chi connectivity index (χ0n) is 14.0. The van der Waals surface area contributed by atoms with Crippen LogP contribution < -0.4 is 14.8 Å². The summed E-state index contributed by atoms with van der Waals surface area (Å²) in [5, 5.41) is 7.69. The maximum absolute atomic E-state index is 12.5. The van der Waals surface area contributed by atoms with Crippen LogP contribution in [0.4, 0.5) is 5.69 Å². The number of methoxy groups -OCH3 is 2. The molecule has 9 heteroatoms. The van der Waals surface area contributed by atoms with Gasteiger partial charge >= 0.3 is 0 Å². The molecule has 0 radical (unpaired) electrons. The molecule has 2 aromatic heterocycles. The van der Waals surface area contributed by atoms with Gasteiger partial charge in [-0.2, -0.15) is 5.10 Å². The summed E-state index contributed by atoms with van der Waals surface area (Å²) in [5.41, 5.74) is 0.413. The van der Waals surface area contributed by atoms with Crippen LogP contribution in [-0.2, 0) is 6.54 Å². The van der Waals surface area contributed by atoms with Crippen LogP contribution in [0.2, 0.25) is 10.0 Å². The SMILES string of the molecule is COc1cc(NC(=O)c2ccc(Cn3cc(Cl)cn3)o2)c(OC)cc1Cl. The van der Waals surface area contributed by atoms with Crippen molar-refractivity contribution in [1.29, 1.82) is 0 Å². The van der Waals surface area contributed by atoms with E-state index in [4.69, 9.17) is 37.1 Å². The molecule has 2 heterocycles. The number of carbonyl (C=O) groups is 1. The fourth-order valence-electron chi connectivity index (χ4n) is 2.31. The van der Waals surface area contributed by atoms with Crippen molar-refractivity contribution in [2.45, 2.75) is 6.54 Å². The van der Waals surface area contributed by atoms with E-state index in [0.29, 0.717) is 39.5 Å². The van der Waals surface area contributed by atoms with E-state index in [1.165, 1.54) is 20.4 Å². The molecule has 0 saturated carbocycles. The van der Waals surface area contributed by atoms with Crippen molar-refractivity contribution in [3.63, 3.8) is 0 Å². The molecule has 0 atom stereocenters. The fraction of sp³-hybridized carbons (Fsp3) is 0.176. The summed E-state index contributed by atoms with van der Waals surface area (Å²) in [6, 6.07) is 6.42. The highest BCUT2D eigenvalue weighted by molar-refractivity contribution is 6.32. The molecule has 0 saturated heterocycles. The first kappa shape index (κ1) is 18.2. The number of ether oxygens (including phenoxy) is 2. The van der Waals surface area contributed by atoms with Gasteiger partial charge in [0, 0.05) is 18.3 Å². The van der Waals surface area contributed by atoms with E-state index in [-0.39, 0.29) is 5.76 Å². The topological polar surface area (TPSA) is 78.5 Å². The Morgan fingerprint density at radius 3 is 2.65 bits per heavy atom. The van der Waals surface area contributed by atoms with Crippen LogP contribution in [0.5, 0.6) is 11.5 Å². The zero-order valence-corrected chi connectivity index (χ0v) is 15.5. The van der Waals surface area contributed by atoms with Crippen LogP contribution in [0.3, 0.4) is 0 Å². The molecule has 0 aliphatic rings. The first-order valence-corrected chi connectivity index (χ1v) is 8.25. The molecule has 3 rings (SSSR count). The van der Waals surface area contributed by atoms with Crippen molar-refractivity contribution in [2.24, 2.45) is 0 Å². The number of aromatic nitrogens is 2. The molecular weight excluding hydrogens is 381 g/mol. The largest absolute Gasteiger partial charge is 0.495 e. The van der Waals surface area contributed by atoms with Gasteiger partial charge in [-0.1, -0.05) is 23.2 Å². The van der Waals surface area contributed by atoms with E-state index in [2.05, 4.69) is 10.4 Å². The highest BCUT2D eigenvalue weighted by atomic mass is 35.5. The van der Waals surface area contributed by atoms with Crippen molar-refractivity contribution < 1.29 is 18.7 Å². The van der Waals surface area contributed by atoms with Crippen molar-refractivity contribution in [2.75, 3.05) is 19.5 Å². The number of anilines is 1. The Bertz CT molecular complexity index is 936. The maximum Gasteiger partial charge on any atom is 0.291 e. The minimum absolute atomic E-state index is 0.147. The molecule has 136 valence electrons. The Balaban J connectivity index is 1.76. The molecule has 7 nitrogen and oxygen atoms in total. The summed E-state index contributed by atoms with van der Waals surface area (Å²) < 4.78 is 17.6. The lowest BCUT2D eigenvalue weighted by Gasteiger charge is -2.12. The molecule has 1 N–H and O–H groups in total. The van der Waals surface area contributed by atoms with Gasteiger partial charge in [-0.05, 0) is 12.1 Å². The van der Waals surface area contributed by atoms with Gasteiger partial charge in [-0.3, -0.25) is 9.48 Å². The monoisotopic (exact) mass is 395 g/mol. The van der Waals surface area contributed by atoms with Crippen molar-refractivity contribution >= 4 is 34.8 Å². The van der Waals surface area contributed by atoms with Gasteiger partial charge in [0.05, 0.1) is 42.7 Å². The predicted molar refractivity (Wildman–Crippen MR) is 97.6 cm³/mol. The molecule has 0 unspecified atom stereocenters. The van der Waals surface area contributed by atoms with Crippen LogP contribution in [0.15, 0.2) is 41.1 Å². The predicted octanol–water partition coefficient (Wildman–Crippen LogP) is 4.10. The molecule has 1 amide bonds. The third kappa shape index (κ3) is 3.95. The van der Waals surface area contributed by atoms with Crippen LogP contribution in [0.1, 0.15) is 16.3 Å². The quantitative estimate of drug-likeness (QED) is 0.679. The summed E-state index contributed by atoms with van der Waals surface area (Å²) in [4.78, 5) is 12.5.